The van der Waals surface area contributed by atoms with E-state index in [1.165, 1.54) is 0 Å². The normalized spacial score (nSPS) is 32.0. The first kappa shape index (κ1) is 14.7. The van der Waals surface area contributed by atoms with Crippen molar-refractivity contribution in [2.24, 2.45) is 5.92 Å². The fourth-order valence-corrected chi connectivity index (χ4v) is 4.18. The van der Waals surface area contributed by atoms with Crippen molar-refractivity contribution >= 4 is 23.6 Å². The summed E-state index contributed by atoms with van der Waals surface area (Å²) in [4.78, 5) is 26.8. The molecule has 4 nitrogen and oxygen atoms in total. The molecule has 2 aliphatic heterocycles. The smallest absolute Gasteiger partial charge is 0.246 e. The van der Waals surface area contributed by atoms with Crippen LogP contribution in [0.3, 0.4) is 0 Å². The number of thioether (sulfide) groups is 1. The zero-order valence-electron chi connectivity index (χ0n) is 12.0. The highest BCUT2D eigenvalue weighted by atomic mass is 32.2. The third-order valence-electron chi connectivity index (χ3n) is 3.90. The highest BCUT2D eigenvalue weighted by Gasteiger charge is 2.43. The van der Waals surface area contributed by atoms with Crippen LogP contribution in [0.25, 0.3) is 0 Å². The molecule has 2 saturated heterocycles. The van der Waals surface area contributed by atoms with Crippen molar-refractivity contribution in [3.05, 3.63) is 0 Å². The van der Waals surface area contributed by atoms with Crippen LogP contribution in [0, 0.1) is 5.92 Å². The summed E-state index contributed by atoms with van der Waals surface area (Å²) in [6.45, 7) is 6.15. The average molecular weight is 284 g/mol. The lowest BCUT2D eigenvalue weighted by atomic mass is 9.96. The molecule has 3 atom stereocenters. The zero-order chi connectivity index (χ0) is 14.0. The molecule has 3 unspecified atom stereocenters. The van der Waals surface area contributed by atoms with Gasteiger partial charge in [0.1, 0.15) is 12.1 Å². The van der Waals surface area contributed by atoms with Gasteiger partial charge in [-0.15, -0.1) is 0 Å². The first-order valence-electron chi connectivity index (χ1n) is 7.24. The highest BCUT2D eigenvalue weighted by molar-refractivity contribution is 7.99. The van der Waals surface area contributed by atoms with Crippen molar-refractivity contribution in [3.63, 3.8) is 0 Å². The minimum absolute atomic E-state index is 0.0321. The molecule has 2 rings (SSSR count). The second kappa shape index (κ2) is 6.16. The average Bonchev–Trinajstić information content (AvgIpc) is 2.85. The molecule has 2 amide bonds. The van der Waals surface area contributed by atoms with Crippen molar-refractivity contribution in [3.8, 4) is 0 Å². The highest BCUT2D eigenvalue weighted by Crippen LogP contribution is 2.28. The SMILES string of the molecule is CCC1C(=O)NC(CC(C)C)C(=O)N1C1CCSC1. The van der Waals surface area contributed by atoms with Gasteiger partial charge in [-0.1, -0.05) is 20.8 Å². The quantitative estimate of drug-likeness (QED) is 0.854. The van der Waals surface area contributed by atoms with Crippen LogP contribution in [-0.2, 0) is 9.59 Å². The van der Waals surface area contributed by atoms with E-state index in [2.05, 4.69) is 19.2 Å². The van der Waals surface area contributed by atoms with Crippen LogP contribution in [0.15, 0.2) is 0 Å². The molecule has 0 aromatic rings. The Bertz CT molecular complexity index is 353. The van der Waals surface area contributed by atoms with E-state index >= 15 is 0 Å². The lowest BCUT2D eigenvalue weighted by Gasteiger charge is -2.42. The fourth-order valence-electron chi connectivity index (χ4n) is 2.98. The Hall–Kier alpha value is -0.710. The van der Waals surface area contributed by atoms with Gasteiger partial charge in [0.05, 0.1) is 0 Å². The van der Waals surface area contributed by atoms with Gasteiger partial charge in [-0.2, -0.15) is 11.8 Å². The molecule has 2 fully saturated rings. The third-order valence-corrected chi connectivity index (χ3v) is 5.05. The predicted molar refractivity (Wildman–Crippen MR) is 78.0 cm³/mol. The number of carbonyl (C=O) groups is 2. The molecule has 0 radical (unpaired) electrons. The van der Waals surface area contributed by atoms with Crippen LogP contribution < -0.4 is 5.32 Å². The summed E-state index contributed by atoms with van der Waals surface area (Å²) in [5.74, 6) is 2.65. The Balaban J connectivity index is 2.18. The lowest BCUT2D eigenvalue weighted by molar-refractivity contribution is -0.152. The molecule has 0 bridgehead atoms. The molecule has 2 heterocycles. The Morgan fingerprint density at radius 2 is 2.16 bits per heavy atom. The minimum atomic E-state index is -0.319. The molecule has 0 spiro atoms. The number of nitrogens with zero attached hydrogens (tertiary/aromatic N) is 1. The monoisotopic (exact) mass is 284 g/mol. The number of amides is 2. The van der Waals surface area contributed by atoms with Crippen molar-refractivity contribution in [2.45, 2.75) is 58.2 Å². The van der Waals surface area contributed by atoms with Gasteiger partial charge in [0.25, 0.3) is 0 Å². The van der Waals surface area contributed by atoms with Crippen LogP contribution >= 0.6 is 11.8 Å². The summed E-state index contributed by atoms with van der Waals surface area (Å²) < 4.78 is 0. The number of nitrogens with one attached hydrogen (secondary N) is 1. The standard InChI is InChI=1S/C14H24N2O2S/c1-4-12-13(17)15-11(7-9(2)3)14(18)16(12)10-5-6-19-8-10/h9-12H,4-8H2,1-3H3,(H,15,17). The summed E-state index contributed by atoms with van der Waals surface area (Å²) in [6, 6.07) is -0.330. The van der Waals surface area contributed by atoms with Crippen LogP contribution in [0.1, 0.15) is 40.0 Å². The zero-order valence-corrected chi connectivity index (χ0v) is 12.8. The van der Waals surface area contributed by atoms with Gasteiger partial charge in [-0.25, -0.2) is 0 Å². The number of hydrogen-bond donors (Lipinski definition) is 1. The molecule has 2 aliphatic rings. The predicted octanol–water partition coefficient (Wildman–Crippen LogP) is 1.64. The minimum Gasteiger partial charge on any atom is -0.342 e. The molecular weight excluding hydrogens is 260 g/mol. The Morgan fingerprint density at radius 1 is 1.42 bits per heavy atom. The molecule has 0 saturated carbocycles. The van der Waals surface area contributed by atoms with Crippen molar-refractivity contribution in [1.29, 1.82) is 0 Å². The van der Waals surface area contributed by atoms with Crippen molar-refractivity contribution < 1.29 is 9.59 Å². The first-order chi connectivity index (χ1) is 9.04. The molecule has 0 aromatic heterocycles. The topological polar surface area (TPSA) is 49.4 Å². The summed E-state index contributed by atoms with van der Waals surface area (Å²) in [5.41, 5.74) is 0. The summed E-state index contributed by atoms with van der Waals surface area (Å²) >= 11 is 1.88. The van der Waals surface area contributed by atoms with Crippen LogP contribution in [0.4, 0.5) is 0 Å². The van der Waals surface area contributed by atoms with Crippen LogP contribution in [0.2, 0.25) is 0 Å². The Labute approximate surface area is 119 Å². The van der Waals surface area contributed by atoms with Crippen molar-refractivity contribution in [1.82, 2.24) is 10.2 Å². The summed E-state index contributed by atoms with van der Waals surface area (Å²) in [5, 5.41) is 2.91. The van der Waals surface area contributed by atoms with Crippen LogP contribution in [0.5, 0.6) is 0 Å². The lowest BCUT2D eigenvalue weighted by Crippen LogP contribution is -2.65. The molecule has 0 aromatic carbocycles. The van der Waals surface area contributed by atoms with Gasteiger partial charge >= 0.3 is 0 Å². The van der Waals surface area contributed by atoms with E-state index < -0.39 is 0 Å². The summed E-state index contributed by atoms with van der Waals surface area (Å²) in [7, 11) is 0. The van der Waals surface area contributed by atoms with Gasteiger partial charge in [-0.3, -0.25) is 9.59 Å². The maximum atomic E-state index is 12.7. The number of carbonyl (C=O) groups excluding carboxylic acids is 2. The van der Waals surface area contributed by atoms with E-state index in [0.717, 1.165) is 24.3 Å². The van der Waals surface area contributed by atoms with E-state index in [1.807, 2.05) is 23.6 Å². The molecular formula is C14H24N2O2S. The Morgan fingerprint density at radius 3 is 2.68 bits per heavy atom. The number of piperazine rings is 1. The van der Waals surface area contributed by atoms with Gasteiger partial charge in [0.2, 0.25) is 11.8 Å². The maximum absolute atomic E-state index is 12.7. The van der Waals surface area contributed by atoms with E-state index in [-0.39, 0.29) is 29.9 Å². The number of rotatable bonds is 4. The molecule has 19 heavy (non-hydrogen) atoms. The molecule has 0 aliphatic carbocycles. The first-order valence-corrected chi connectivity index (χ1v) is 8.40. The van der Waals surface area contributed by atoms with Gasteiger partial charge in [0.15, 0.2) is 0 Å². The molecule has 5 heteroatoms. The molecule has 108 valence electrons. The van der Waals surface area contributed by atoms with E-state index in [1.54, 1.807) is 0 Å². The summed E-state index contributed by atoms with van der Waals surface area (Å²) in [6.07, 6.45) is 2.46. The van der Waals surface area contributed by atoms with E-state index in [4.69, 9.17) is 0 Å². The van der Waals surface area contributed by atoms with E-state index in [9.17, 15) is 9.59 Å². The number of hydrogen-bond acceptors (Lipinski definition) is 3. The largest absolute Gasteiger partial charge is 0.342 e. The fraction of sp³-hybridized carbons (Fsp3) is 0.857. The van der Waals surface area contributed by atoms with E-state index in [0.29, 0.717) is 12.3 Å². The second-order valence-electron chi connectivity index (χ2n) is 5.88. The molecule has 1 N–H and O–H groups in total. The third kappa shape index (κ3) is 3.07. The van der Waals surface area contributed by atoms with Gasteiger partial charge < -0.3 is 10.2 Å². The van der Waals surface area contributed by atoms with Gasteiger partial charge in [0, 0.05) is 11.8 Å². The maximum Gasteiger partial charge on any atom is 0.246 e. The van der Waals surface area contributed by atoms with Gasteiger partial charge in [-0.05, 0) is 30.9 Å². The second-order valence-corrected chi connectivity index (χ2v) is 7.03. The van der Waals surface area contributed by atoms with Crippen LogP contribution in [-0.4, -0.2) is 46.3 Å². The Kier molecular flexibility index (Phi) is 4.76. The van der Waals surface area contributed by atoms with Crippen molar-refractivity contribution in [2.75, 3.05) is 11.5 Å².